The van der Waals surface area contributed by atoms with Gasteiger partial charge in [-0.25, -0.2) is 0 Å². The van der Waals surface area contributed by atoms with Crippen molar-refractivity contribution < 1.29 is 9.47 Å². The lowest BCUT2D eigenvalue weighted by Crippen LogP contribution is -2.38. The number of hydrogen-bond acceptors (Lipinski definition) is 3. The summed E-state index contributed by atoms with van der Waals surface area (Å²) < 4.78 is 10.5. The Morgan fingerprint density at radius 3 is 1.72 bits per heavy atom. The fraction of sp³-hybridized carbons (Fsp3) is 0.917. The molecular weight excluding hydrogens is 345 g/mol. The van der Waals surface area contributed by atoms with Gasteiger partial charge in [-0.2, -0.15) is 0 Å². The predicted octanol–water partition coefficient (Wildman–Crippen LogP) is 1.62. The van der Waals surface area contributed by atoms with Gasteiger partial charge in [0.25, 0.3) is 0 Å². The second-order valence-corrected chi connectivity index (χ2v) is 3.53. The molecule has 0 bridgehead atoms. The summed E-state index contributed by atoms with van der Waals surface area (Å²) in [6.07, 6.45) is 1.99. The monoisotopic (exact) mass is 373 g/mol. The Morgan fingerprint density at radius 2 is 1.39 bits per heavy atom. The zero-order valence-electron chi connectivity index (χ0n) is 11.8. The fourth-order valence-corrected chi connectivity index (χ4v) is 1.27. The van der Waals surface area contributed by atoms with Gasteiger partial charge in [0.15, 0.2) is 5.96 Å². The van der Waals surface area contributed by atoms with Crippen molar-refractivity contribution in [3.05, 3.63) is 0 Å². The van der Waals surface area contributed by atoms with Crippen molar-refractivity contribution in [2.24, 2.45) is 4.99 Å². The van der Waals surface area contributed by atoms with E-state index in [1.54, 1.807) is 7.05 Å². The van der Waals surface area contributed by atoms with E-state index < -0.39 is 0 Å². The van der Waals surface area contributed by atoms with Gasteiger partial charge in [0.05, 0.1) is 0 Å². The largest absolute Gasteiger partial charge is 0.382 e. The molecular formula is C12H28IN3O2. The van der Waals surface area contributed by atoms with Crippen LogP contribution < -0.4 is 10.6 Å². The average molecular weight is 373 g/mol. The van der Waals surface area contributed by atoms with Crippen LogP contribution in [0.25, 0.3) is 0 Å². The quantitative estimate of drug-likeness (QED) is 0.265. The molecule has 0 atom stereocenters. The lowest BCUT2D eigenvalue weighted by Gasteiger charge is -2.11. The molecule has 0 rings (SSSR count). The van der Waals surface area contributed by atoms with E-state index in [9.17, 15) is 0 Å². The van der Waals surface area contributed by atoms with Crippen LogP contribution in [-0.4, -0.2) is 52.5 Å². The average Bonchev–Trinajstić information content (AvgIpc) is 2.36. The summed E-state index contributed by atoms with van der Waals surface area (Å²) in [5.74, 6) is 0.845. The summed E-state index contributed by atoms with van der Waals surface area (Å²) in [7, 11) is 1.78. The molecule has 0 heterocycles. The van der Waals surface area contributed by atoms with Gasteiger partial charge in [0, 0.05) is 46.6 Å². The maximum atomic E-state index is 5.26. The molecule has 0 aliphatic rings. The Morgan fingerprint density at radius 1 is 0.944 bits per heavy atom. The zero-order chi connectivity index (χ0) is 12.8. The lowest BCUT2D eigenvalue weighted by atomic mass is 10.4. The third kappa shape index (κ3) is 14.0. The van der Waals surface area contributed by atoms with Gasteiger partial charge >= 0.3 is 0 Å². The van der Waals surface area contributed by atoms with Gasteiger partial charge in [-0.1, -0.05) is 0 Å². The summed E-state index contributed by atoms with van der Waals surface area (Å²) in [5, 5.41) is 6.47. The minimum absolute atomic E-state index is 0. The van der Waals surface area contributed by atoms with E-state index in [0.717, 1.165) is 58.3 Å². The molecule has 0 aromatic heterocycles. The van der Waals surface area contributed by atoms with Crippen molar-refractivity contribution in [2.75, 3.05) is 46.6 Å². The van der Waals surface area contributed by atoms with Crippen LogP contribution in [0.3, 0.4) is 0 Å². The second-order valence-electron chi connectivity index (χ2n) is 3.53. The van der Waals surface area contributed by atoms with Gasteiger partial charge in [0.2, 0.25) is 0 Å². The van der Waals surface area contributed by atoms with E-state index in [0.29, 0.717) is 0 Å². The van der Waals surface area contributed by atoms with E-state index in [1.165, 1.54) is 0 Å². The van der Waals surface area contributed by atoms with Gasteiger partial charge in [-0.3, -0.25) is 4.99 Å². The van der Waals surface area contributed by atoms with E-state index in [-0.39, 0.29) is 24.0 Å². The summed E-state index contributed by atoms with van der Waals surface area (Å²) in [5.41, 5.74) is 0. The Balaban J connectivity index is 0. The molecule has 6 heteroatoms. The number of ether oxygens (including phenoxy) is 2. The highest BCUT2D eigenvalue weighted by Crippen LogP contribution is 1.82. The minimum Gasteiger partial charge on any atom is -0.382 e. The van der Waals surface area contributed by atoms with Gasteiger partial charge in [-0.05, 0) is 26.7 Å². The van der Waals surface area contributed by atoms with Crippen LogP contribution in [0.15, 0.2) is 4.99 Å². The maximum Gasteiger partial charge on any atom is 0.190 e. The first-order valence-electron chi connectivity index (χ1n) is 6.45. The first kappa shape index (κ1) is 20.2. The van der Waals surface area contributed by atoms with Gasteiger partial charge in [0.1, 0.15) is 0 Å². The summed E-state index contributed by atoms with van der Waals surface area (Å²) in [6, 6.07) is 0. The highest BCUT2D eigenvalue weighted by atomic mass is 127. The summed E-state index contributed by atoms with van der Waals surface area (Å²) in [6.45, 7) is 8.93. The molecule has 5 nitrogen and oxygen atoms in total. The maximum absolute atomic E-state index is 5.26. The molecule has 0 saturated carbocycles. The SMILES string of the molecule is CCOCCCNC(=NC)NCCCOCC.I. The fourth-order valence-electron chi connectivity index (χ4n) is 1.27. The number of halogens is 1. The third-order valence-electron chi connectivity index (χ3n) is 2.15. The molecule has 0 aromatic carbocycles. The molecule has 0 saturated heterocycles. The van der Waals surface area contributed by atoms with Crippen LogP contribution in [0, 0.1) is 0 Å². The van der Waals surface area contributed by atoms with E-state index in [1.807, 2.05) is 13.8 Å². The lowest BCUT2D eigenvalue weighted by molar-refractivity contribution is 0.145. The molecule has 0 amide bonds. The number of rotatable bonds is 10. The molecule has 0 unspecified atom stereocenters. The minimum atomic E-state index is 0. The van der Waals surface area contributed by atoms with Crippen LogP contribution in [0.5, 0.6) is 0 Å². The van der Waals surface area contributed by atoms with Crippen molar-refractivity contribution in [2.45, 2.75) is 26.7 Å². The van der Waals surface area contributed by atoms with Crippen LogP contribution in [-0.2, 0) is 9.47 Å². The standard InChI is InChI=1S/C12H27N3O2.HI/c1-4-16-10-6-8-14-12(13-3)15-9-7-11-17-5-2;/h4-11H2,1-3H3,(H2,13,14,15);1H. The summed E-state index contributed by atoms with van der Waals surface area (Å²) in [4.78, 5) is 4.14. The normalized spacial score (nSPS) is 9.50. The number of nitrogens with zero attached hydrogens (tertiary/aromatic N) is 1. The Kier molecular flexibility index (Phi) is 19.0. The van der Waals surface area contributed by atoms with E-state index in [4.69, 9.17) is 9.47 Å². The zero-order valence-corrected chi connectivity index (χ0v) is 14.2. The van der Waals surface area contributed by atoms with Crippen molar-refractivity contribution >= 4 is 29.9 Å². The van der Waals surface area contributed by atoms with Crippen molar-refractivity contribution in [1.29, 1.82) is 0 Å². The third-order valence-corrected chi connectivity index (χ3v) is 2.15. The first-order chi connectivity index (χ1) is 8.35. The van der Waals surface area contributed by atoms with Gasteiger partial charge in [-0.15, -0.1) is 24.0 Å². The summed E-state index contributed by atoms with van der Waals surface area (Å²) >= 11 is 0. The molecule has 0 fully saturated rings. The molecule has 0 aromatic rings. The van der Waals surface area contributed by atoms with Crippen LogP contribution in [0.4, 0.5) is 0 Å². The van der Waals surface area contributed by atoms with E-state index >= 15 is 0 Å². The smallest absolute Gasteiger partial charge is 0.190 e. The second kappa shape index (κ2) is 16.9. The number of aliphatic imine (C=N–C) groups is 1. The molecule has 0 aliphatic heterocycles. The molecule has 0 spiro atoms. The van der Waals surface area contributed by atoms with Crippen molar-refractivity contribution in [1.82, 2.24) is 10.6 Å². The molecule has 2 N–H and O–H groups in total. The first-order valence-corrected chi connectivity index (χ1v) is 6.45. The molecule has 110 valence electrons. The number of hydrogen-bond donors (Lipinski definition) is 2. The van der Waals surface area contributed by atoms with Crippen molar-refractivity contribution in [3.63, 3.8) is 0 Å². The highest BCUT2D eigenvalue weighted by molar-refractivity contribution is 14.0. The number of nitrogens with one attached hydrogen (secondary N) is 2. The van der Waals surface area contributed by atoms with Crippen LogP contribution in [0.2, 0.25) is 0 Å². The molecule has 0 radical (unpaired) electrons. The van der Waals surface area contributed by atoms with Gasteiger partial charge < -0.3 is 20.1 Å². The Labute approximate surface area is 128 Å². The van der Waals surface area contributed by atoms with Crippen LogP contribution in [0.1, 0.15) is 26.7 Å². The Bertz CT molecular complexity index is 176. The Hall–Kier alpha value is -0.0800. The molecule has 0 aliphatic carbocycles. The molecule has 18 heavy (non-hydrogen) atoms. The van der Waals surface area contributed by atoms with Crippen molar-refractivity contribution in [3.8, 4) is 0 Å². The highest BCUT2D eigenvalue weighted by Gasteiger charge is 1.96. The van der Waals surface area contributed by atoms with Crippen LogP contribution >= 0.6 is 24.0 Å². The van der Waals surface area contributed by atoms with E-state index in [2.05, 4.69) is 15.6 Å². The topological polar surface area (TPSA) is 54.9 Å². The predicted molar refractivity (Wildman–Crippen MR) is 87.0 cm³/mol. The number of guanidine groups is 1.